The first-order valence-corrected chi connectivity index (χ1v) is 8.67. The summed E-state index contributed by atoms with van der Waals surface area (Å²) in [5.41, 5.74) is 3.34. The number of nitrogens with zero attached hydrogens (tertiary/aromatic N) is 3. The van der Waals surface area contributed by atoms with Gasteiger partial charge in [0, 0.05) is 31.5 Å². The number of rotatable bonds is 4. The van der Waals surface area contributed by atoms with Crippen molar-refractivity contribution in [1.82, 2.24) is 14.7 Å². The van der Waals surface area contributed by atoms with E-state index < -0.39 is 0 Å². The number of benzene rings is 2. The van der Waals surface area contributed by atoms with Crippen molar-refractivity contribution in [2.75, 3.05) is 19.4 Å². The first kappa shape index (κ1) is 18.7. The number of anilines is 1. The Hall–Kier alpha value is -3.12. The fourth-order valence-corrected chi connectivity index (χ4v) is 2.79. The van der Waals surface area contributed by atoms with Crippen LogP contribution in [0, 0.1) is 6.92 Å². The molecule has 138 valence electrons. The van der Waals surface area contributed by atoms with E-state index in [0.717, 1.165) is 11.3 Å². The number of aryl methyl sites for hydroxylation is 1. The number of amides is 2. The van der Waals surface area contributed by atoms with Gasteiger partial charge >= 0.3 is 0 Å². The predicted octanol–water partition coefficient (Wildman–Crippen LogP) is 3.79. The number of hydrogen-bond acceptors (Lipinski definition) is 3. The van der Waals surface area contributed by atoms with Crippen molar-refractivity contribution >= 4 is 29.1 Å². The topological polar surface area (TPSA) is 67.2 Å². The highest BCUT2D eigenvalue weighted by Gasteiger charge is 2.14. The Morgan fingerprint density at radius 3 is 2.37 bits per heavy atom. The molecule has 0 unspecified atom stereocenters. The summed E-state index contributed by atoms with van der Waals surface area (Å²) in [6.45, 7) is 1.97. The number of carbonyl (C=O) groups is 2. The Morgan fingerprint density at radius 1 is 1.11 bits per heavy atom. The second-order valence-corrected chi connectivity index (χ2v) is 6.76. The SMILES string of the molecule is Cc1cnn(-c2ccc(C(=O)Nc3ccc(C(=O)N(C)C)c(Cl)c3)cc2)c1. The smallest absolute Gasteiger partial charge is 0.255 e. The highest BCUT2D eigenvalue weighted by molar-refractivity contribution is 6.34. The quantitative estimate of drug-likeness (QED) is 0.746. The van der Waals surface area contributed by atoms with Crippen molar-refractivity contribution in [2.24, 2.45) is 0 Å². The van der Waals surface area contributed by atoms with Gasteiger partial charge in [0.05, 0.1) is 22.5 Å². The Labute approximate surface area is 162 Å². The molecule has 0 atom stereocenters. The molecule has 0 aliphatic rings. The second-order valence-electron chi connectivity index (χ2n) is 6.36. The van der Waals surface area contributed by atoms with Crippen LogP contribution in [-0.2, 0) is 0 Å². The van der Waals surface area contributed by atoms with E-state index in [9.17, 15) is 9.59 Å². The molecule has 6 nitrogen and oxygen atoms in total. The Morgan fingerprint density at radius 2 is 1.81 bits per heavy atom. The average Bonchev–Trinajstić information content (AvgIpc) is 3.08. The summed E-state index contributed by atoms with van der Waals surface area (Å²) in [4.78, 5) is 25.9. The highest BCUT2D eigenvalue weighted by atomic mass is 35.5. The summed E-state index contributed by atoms with van der Waals surface area (Å²) in [5.74, 6) is -0.455. The van der Waals surface area contributed by atoms with Crippen LogP contribution in [0.3, 0.4) is 0 Å². The predicted molar refractivity (Wildman–Crippen MR) is 106 cm³/mol. The number of halogens is 1. The summed E-state index contributed by atoms with van der Waals surface area (Å²) >= 11 is 6.18. The summed E-state index contributed by atoms with van der Waals surface area (Å²) in [6, 6.07) is 11.9. The largest absolute Gasteiger partial charge is 0.345 e. The minimum Gasteiger partial charge on any atom is -0.345 e. The van der Waals surface area contributed by atoms with Gasteiger partial charge in [-0.05, 0) is 55.0 Å². The third-order valence-corrected chi connectivity index (χ3v) is 4.28. The van der Waals surface area contributed by atoms with E-state index in [1.165, 1.54) is 4.90 Å². The molecule has 1 heterocycles. The van der Waals surface area contributed by atoms with E-state index in [-0.39, 0.29) is 16.8 Å². The van der Waals surface area contributed by atoms with Gasteiger partial charge in [0.15, 0.2) is 0 Å². The minimum absolute atomic E-state index is 0.192. The molecule has 3 aromatic rings. The van der Waals surface area contributed by atoms with Crippen LogP contribution in [-0.4, -0.2) is 40.6 Å². The molecule has 2 amide bonds. The standard InChI is InChI=1S/C20H19ClN4O2/c1-13-11-22-25(12-13)16-7-4-14(5-8-16)19(26)23-15-6-9-17(18(21)10-15)20(27)24(2)3/h4-12H,1-3H3,(H,23,26). The molecular weight excluding hydrogens is 364 g/mol. The normalized spacial score (nSPS) is 10.5. The van der Waals surface area contributed by atoms with Gasteiger partial charge < -0.3 is 10.2 Å². The fraction of sp³-hybridized carbons (Fsp3) is 0.150. The zero-order valence-electron chi connectivity index (χ0n) is 15.2. The van der Waals surface area contributed by atoms with Crippen molar-refractivity contribution < 1.29 is 9.59 Å². The van der Waals surface area contributed by atoms with Gasteiger partial charge in [0.2, 0.25) is 0 Å². The number of aromatic nitrogens is 2. The van der Waals surface area contributed by atoms with Crippen LogP contribution in [0.15, 0.2) is 54.9 Å². The van der Waals surface area contributed by atoms with Crippen LogP contribution >= 0.6 is 11.6 Å². The van der Waals surface area contributed by atoms with Crippen LogP contribution in [0.2, 0.25) is 5.02 Å². The van der Waals surface area contributed by atoms with Crippen LogP contribution in [0.4, 0.5) is 5.69 Å². The zero-order chi connectivity index (χ0) is 19.6. The molecule has 1 N–H and O–H groups in total. The summed E-state index contributed by atoms with van der Waals surface area (Å²) in [5, 5.41) is 7.32. The maximum absolute atomic E-state index is 12.5. The van der Waals surface area contributed by atoms with E-state index in [1.54, 1.807) is 55.3 Å². The second kappa shape index (κ2) is 7.63. The van der Waals surface area contributed by atoms with Crippen molar-refractivity contribution in [3.05, 3.63) is 76.6 Å². The van der Waals surface area contributed by atoms with Crippen molar-refractivity contribution in [1.29, 1.82) is 0 Å². The maximum Gasteiger partial charge on any atom is 0.255 e. The summed E-state index contributed by atoms with van der Waals surface area (Å²) < 4.78 is 1.75. The number of carbonyl (C=O) groups excluding carboxylic acids is 2. The van der Waals surface area contributed by atoms with Gasteiger partial charge in [-0.15, -0.1) is 0 Å². The molecule has 2 aromatic carbocycles. The average molecular weight is 383 g/mol. The molecule has 1 aromatic heterocycles. The van der Waals surface area contributed by atoms with E-state index in [1.807, 2.05) is 25.3 Å². The Kier molecular flexibility index (Phi) is 5.28. The molecule has 0 bridgehead atoms. The lowest BCUT2D eigenvalue weighted by molar-refractivity contribution is 0.0827. The molecule has 27 heavy (non-hydrogen) atoms. The Bertz CT molecular complexity index is 993. The lowest BCUT2D eigenvalue weighted by atomic mass is 10.1. The van der Waals surface area contributed by atoms with Gasteiger partial charge in [0.1, 0.15) is 0 Å². The molecule has 0 spiro atoms. The molecule has 0 radical (unpaired) electrons. The van der Waals surface area contributed by atoms with E-state index in [0.29, 0.717) is 16.8 Å². The Balaban J connectivity index is 1.73. The van der Waals surface area contributed by atoms with Crippen molar-refractivity contribution in [3.8, 4) is 5.69 Å². The fourth-order valence-electron chi connectivity index (χ4n) is 2.53. The van der Waals surface area contributed by atoms with Crippen molar-refractivity contribution in [2.45, 2.75) is 6.92 Å². The minimum atomic E-state index is -0.263. The number of nitrogens with one attached hydrogen (secondary N) is 1. The zero-order valence-corrected chi connectivity index (χ0v) is 16.0. The molecule has 0 saturated carbocycles. The maximum atomic E-state index is 12.5. The third kappa shape index (κ3) is 4.17. The third-order valence-electron chi connectivity index (χ3n) is 3.97. The molecule has 0 fully saturated rings. The highest BCUT2D eigenvalue weighted by Crippen LogP contribution is 2.22. The summed E-state index contributed by atoms with van der Waals surface area (Å²) in [7, 11) is 3.31. The number of hydrogen-bond donors (Lipinski definition) is 1. The van der Waals surface area contributed by atoms with Gasteiger partial charge in [-0.2, -0.15) is 5.10 Å². The van der Waals surface area contributed by atoms with Crippen LogP contribution < -0.4 is 5.32 Å². The van der Waals surface area contributed by atoms with Crippen LogP contribution in [0.25, 0.3) is 5.69 Å². The molecule has 0 aliphatic carbocycles. The van der Waals surface area contributed by atoms with Gasteiger partial charge in [0.25, 0.3) is 11.8 Å². The molecule has 0 aliphatic heterocycles. The lowest BCUT2D eigenvalue weighted by Crippen LogP contribution is -2.22. The van der Waals surface area contributed by atoms with E-state index >= 15 is 0 Å². The van der Waals surface area contributed by atoms with Crippen LogP contribution in [0.5, 0.6) is 0 Å². The lowest BCUT2D eigenvalue weighted by Gasteiger charge is -2.13. The van der Waals surface area contributed by atoms with Crippen molar-refractivity contribution in [3.63, 3.8) is 0 Å². The molecule has 7 heteroatoms. The molecule has 3 rings (SSSR count). The summed E-state index contributed by atoms with van der Waals surface area (Å²) in [6.07, 6.45) is 3.68. The first-order chi connectivity index (χ1) is 12.8. The van der Waals surface area contributed by atoms with Gasteiger partial charge in [-0.25, -0.2) is 4.68 Å². The van der Waals surface area contributed by atoms with Gasteiger partial charge in [-0.3, -0.25) is 9.59 Å². The molecule has 0 saturated heterocycles. The van der Waals surface area contributed by atoms with Gasteiger partial charge in [-0.1, -0.05) is 11.6 Å². The first-order valence-electron chi connectivity index (χ1n) is 8.29. The molecular formula is C20H19ClN4O2. The van der Waals surface area contributed by atoms with E-state index in [4.69, 9.17) is 11.6 Å². The van der Waals surface area contributed by atoms with E-state index in [2.05, 4.69) is 10.4 Å². The van der Waals surface area contributed by atoms with Crippen LogP contribution in [0.1, 0.15) is 26.3 Å². The monoisotopic (exact) mass is 382 g/mol.